The Hall–Kier alpha value is -1.35. The van der Waals surface area contributed by atoms with Crippen molar-refractivity contribution in [3.8, 4) is 0 Å². The number of nitrogens with one attached hydrogen (secondary N) is 1. The molecule has 3 nitrogen and oxygen atoms in total. The summed E-state index contributed by atoms with van der Waals surface area (Å²) in [7, 11) is 0. The van der Waals surface area contributed by atoms with Crippen molar-refractivity contribution in [3.05, 3.63) is 35.9 Å². The molecule has 1 amide bonds. The SMILES string of the molecule is CC(C(=O)NCC1(C2CC2)CC1)C(N)c1ccccc1. The molecule has 3 heteroatoms. The van der Waals surface area contributed by atoms with Crippen LogP contribution in [0, 0.1) is 17.3 Å². The molecule has 1 aromatic carbocycles. The van der Waals surface area contributed by atoms with Crippen LogP contribution < -0.4 is 11.1 Å². The lowest BCUT2D eigenvalue weighted by molar-refractivity contribution is -0.125. The zero-order valence-electron chi connectivity index (χ0n) is 12.1. The molecule has 20 heavy (non-hydrogen) atoms. The molecule has 2 saturated carbocycles. The third-order valence-electron chi connectivity index (χ3n) is 5.09. The van der Waals surface area contributed by atoms with E-state index in [4.69, 9.17) is 5.73 Å². The van der Waals surface area contributed by atoms with E-state index in [9.17, 15) is 4.79 Å². The Balaban J connectivity index is 1.54. The maximum absolute atomic E-state index is 12.3. The fourth-order valence-corrected chi connectivity index (χ4v) is 3.14. The predicted octanol–water partition coefficient (Wildman–Crippen LogP) is 2.63. The molecule has 2 aliphatic rings. The summed E-state index contributed by atoms with van der Waals surface area (Å²) in [6.45, 7) is 2.77. The number of hydrogen-bond donors (Lipinski definition) is 2. The number of rotatable bonds is 6. The van der Waals surface area contributed by atoms with Gasteiger partial charge in [0, 0.05) is 12.6 Å². The van der Waals surface area contributed by atoms with E-state index in [0.717, 1.165) is 18.0 Å². The number of carbonyl (C=O) groups is 1. The molecule has 1 aromatic rings. The molecule has 2 unspecified atom stereocenters. The van der Waals surface area contributed by atoms with E-state index in [0.29, 0.717) is 5.41 Å². The summed E-state index contributed by atoms with van der Waals surface area (Å²) < 4.78 is 0. The Bertz CT molecular complexity index is 477. The predicted molar refractivity (Wildman–Crippen MR) is 79.9 cm³/mol. The summed E-state index contributed by atoms with van der Waals surface area (Å²) in [5, 5.41) is 3.14. The highest BCUT2D eigenvalue weighted by Crippen LogP contribution is 2.60. The van der Waals surface area contributed by atoms with Crippen LogP contribution >= 0.6 is 0 Å². The van der Waals surface area contributed by atoms with E-state index in [1.807, 2.05) is 37.3 Å². The second-order valence-corrected chi connectivity index (χ2v) is 6.58. The summed E-state index contributed by atoms with van der Waals surface area (Å²) >= 11 is 0. The van der Waals surface area contributed by atoms with Crippen LogP contribution in [-0.2, 0) is 4.79 Å². The Kier molecular flexibility index (Phi) is 3.55. The van der Waals surface area contributed by atoms with Crippen molar-refractivity contribution >= 4 is 5.91 Å². The largest absolute Gasteiger partial charge is 0.355 e. The Morgan fingerprint density at radius 2 is 2.00 bits per heavy atom. The van der Waals surface area contributed by atoms with E-state index in [1.54, 1.807) is 0 Å². The molecule has 3 rings (SSSR count). The first-order chi connectivity index (χ1) is 9.62. The van der Waals surface area contributed by atoms with Crippen molar-refractivity contribution in [1.82, 2.24) is 5.32 Å². The zero-order valence-corrected chi connectivity index (χ0v) is 12.1. The molecule has 0 radical (unpaired) electrons. The first-order valence-corrected chi connectivity index (χ1v) is 7.71. The molecular weight excluding hydrogens is 248 g/mol. The fourth-order valence-electron chi connectivity index (χ4n) is 3.14. The van der Waals surface area contributed by atoms with Gasteiger partial charge in [0.05, 0.1) is 5.92 Å². The molecule has 3 N–H and O–H groups in total. The van der Waals surface area contributed by atoms with Crippen molar-refractivity contribution in [3.63, 3.8) is 0 Å². The minimum absolute atomic E-state index is 0.0910. The monoisotopic (exact) mass is 272 g/mol. The molecule has 108 valence electrons. The van der Waals surface area contributed by atoms with Gasteiger partial charge in [0.1, 0.15) is 0 Å². The van der Waals surface area contributed by atoms with Crippen molar-refractivity contribution in [1.29, 1.82) is 0 Å². The number of hydrogen-bond acceptors (Lipinski definition) is 2. The van der Waals surface area contributed by atoms with Crippen LogP contribution in [0.1, 0.15) is 44.2 Å². The number of amides is 1. The highest BCUT2D eigenvalue weighted by Gasteiger charge is 2.53. The summed E-state index contributed by atoms with van der Waals surface area (Å²) in [6, 6.07) is 9.64. The van der Waals surface area contributed by atoms with Gasteiger partial charge in [0.25, 0.3) is 0 Å². The molecule has 0 heterocycles. The van der Waals surface area contributed by atoms with E-state index in [1.165, 1.54) is 25.7 Å². The van der Waals surface area contributed by atoms with Gasteiger partial charge in [-0.3, -0.25) is 4.79 Å². The minimum Gasteiger partial charge on any atom is -0.355 e. The zero-order chi connectivity index (χ0) is 14.2. The maximum Gasteiger partial charge on any atom is 0.224 e. The summed E-state index contributed by atoms with van der Waals surface area (Å²) in [5.74, 6) is 0.779. The summed E-state index contributed by atoms with van der Waals surface area (Å²) in [6.07, 6.45) is 5.29. The van der Waals surface area contributed by atoms with E-state index in [2.05, 4.69) is 5.32 Å². The molecular formula is C17H24N2O. The van der Waals surface area contributed by atoms with Crippen molar-refractivity contribution in [2.24, 2.45) is 23.0 Å². The topological polar surface area (TPSA) is 55.1 Å². The van der Waals surface area contributed by atoms with Gasteiger partial charge in [0.15, 0.2) is 0 Å². The van der Waals surface area contributed by atoms with Gasteiger partial charge in [0.2, 0.25) is 5.91 Å². The van der Waals surface area contributed by atoms with Gasteiger partial charge < -0.3 is 11.1 Å². The third-order valence-corrected chi connectivity index (χ3v) is 5.09. The maximum atomic E-state index is 12.3. The van der Waals surface area contributed by atoms with Crippen LogP contribution in [0.15, 0.2) is 30.3 Å². The van der Waals surface area contributed by atoms with Crippen LogP contribution in [0.2, 0.25) is 0 Å². The average molecular weight is 272 g/mol. The van der Waals surface area contributed by atoms with E-state index >= 15 is 0 Å². The van der Waals surface area contributed by atoms with Gasteiger partial charge in [-0.1, -0.05) is 37.3 Å². The number of carbonyl (C=O) groups excluding carboxylic acids is 1. The summed E-state index contributed by atoms with van der Waals surface area (Å²) in [4.78, 5) is 12.3. The lowest BCUT2D eigenvalue weighted by Gasteiger charge is -2.22. The normalized spacial score (nSPS) is 22.9. The smallest absolute Gasteiger partial charge is 0.224 e. The highest BCUT2D eigenvalue weighted by molar-refractivity contribution is 5.79. The van der Waals surface area contributed by atoms with Gasteiger partial charge in [-0.15, -0.1) is 0 Å². The summed E-state index contributed by atoms with van der Waals surface area (Å²) in [5.41, 5.74) is 7.68. The van der Waals surface area contributed by atoms with Crippen LogP contribution in [0.3, 0.4) is 0 Å². The second-order valence-electron chi connectivity index (χ2n) is 6.58. The second kappa shape index (κ2) is 5.21. The van der Waals surface area contributed by atoms with Gasteiger partial charge >= 0.3 is 0 Å². The number of nitrogens with two attached hydrogens (primary N) is 1. The van der Waals surface area contributed by atoms with Crippen LogP contribution in [0.5, 0.6) is 0 Å². The lowest BCUT2D eigenvalue weighted by atomic mass is 9.94. The van der Waals surface area contributed by atoms with Gasteiger partial charge in [-0.2, -0.15) is 0 Å². The standard InChI is InChI=1S/C17H24N2O/c1-12(15(18)13-5-3-2-4-6-13)16(20)19-11-17(9-10-17)14-7-8-14/h2-6,12,14-15H,7-11,18H2,1H3,(H,19,20). The molecule has 0 spiro atoms. The number of benzene rings is 1. The third kappa shape index (κ3) is 2.73. The first-order valence-electron chi connectivity index (χ1n) is 7.71. The van der Waals surface area contributed by atoms with E-state index in [-0.39, 0.29) is 17.9 Å². The Morgan fingerprint density at radius 3 is 2.55 bits per heavy atom. The fraction of sp³-hybridized carbons (Fsp3) is 0.588. The molecule has 0 bridgehead atoms. The molecule has 2 aliphatic carbocycles. The Labute approximate surface area is 120 Å². The lowest BCUT2D eigenvalue weighted by Crippen LogP contribution is -2.38. The van der Waals surface area contributed by atoms with Crippen molar-refractivity contribution in [2.45, 2.75) is 38.6 Å². The minimum atomic E-state index is -0.229. The molecule has 2 atom stereocenters. The van der Waals surface area contributed by atoms with Crippen molar-refractivity contribution < 1.29 is 4.79 Å². The van der Waals surface area contributed by atoms with Crippen molar-refractivity contribution in [2.75, 3.05) is 6.54 Å². The van der Waals surface area contributed by atoms with Crippen LogP contribution in [-0.4, -0.2) is 12.5 Å². The van der Waals surface area contributed by atoms with Gasteiger partial charge in [-0.05, 0) is 42.6 Å². The molecule has 0 aromatic heterocycles. The highest BCUT2D eigenvalue weighted by atomic mass is 16.1. The molecule has 0 aliphatic heterocycles. The van der Waals surface area contributed by atoms with E-state index < -0.39 is 0 Å². The Morgan fingerprint density at radius 1 is 1.35 bits per heavy atom. The molecule has 0 saturated heterocycles. The van der Waals surface area contributed by atoms with Crippen LogP contribution in [0.25, 0.3) is 0 Å². The average Bonchev–Trinajstić information content (AvgIpc) is 3.36. The quantitative estimate of drug-likeness (QED) is 0.836. The van der Waals surface area contributed by atoms with Gasteiger partial charge in [-0.25, -0.2) is 0 Å². The first kappa shape index (κ1) is 13.6. The molecule has 2 fully saturated rings. The van der Waals surface area contributed by atoms with Crippen LogP contribution in [0.4, 0.5) is 0 Å².